The Morgan fingerprint density at radius 3 is 2.79 bits per heavy atom. The van der Waals surface area contributed by atoms with E-state index in [1.165, 1.54) is 0 Å². The summed E-state index contributed by atoms with van der Waals surface area (Å²) in [5, 5.41) is 1.15. The Bertz CT molecular complexity index is 1320. The fourth-order valence-corrected chi connectivity index (χ4v) is 3.79. The van der Waals surface area contributed by atoms with Crippen molar-refractivity contribution < 1.29 is 9.47 Å². The monoisotopic (exact) mass is 367 g/mol. The maximum Gasteiger partial charge on any atom is 0.162 e. The summed E-state index contributed by atoms with van der Waals surface area (Å²) >= 11 is 0. The van der Waals surface area contributed by atoms with Crippen LogP contribution in [0, 0.1) is 0 Å². The zero-order valence-corrected chi connectivity index (χ0v) is 15.0. The third-order valence-electron chi connectivity index (χ3n) is 5.26. The molecule has 5 nitrogen and oxygen atoms in total. The van der Waals surface area contributed by atoms with E-state index in [4.69, 9.17) is 9.47 Å². The first-order valence-corrected chi connectivity index (χ1v) is 9.28. The van der Waals surface area contributed by atoms with Gasteiger partial charge in [0.05, 0.1) is 17.4 Å². The van der Waals surface area contributed by atoms with Crippen LogP contribution in [-0.4, -0.2) is 21.6 Å². The molecule has 0 amide bonds. The third-order valence-corrected chi connectivity index (χ3v) is 5.26. The summed E-state index contributed by atoms with van der Waals surface area (Å²) < 4.78 is 12.0. The Morgan fingerprint density at radius 2 is 1.82 bits per heavy atom. The van der Waals surface area contributed by atoms with Crippen LogP contribution in [0.3, 0.4) is 0 Å². The second-order valence-electron chi connectivity index (χ2n) is 7.03. The van der Waals surface area contributed by atoms with E-state index in [0.29, 0.717) is 6.61 Å². The lowest BCUT2D eigenvalue weighted by atomic mass is 10.1. The maximum absolute atomic E-state index is 6.15. The van der Waals surface area contributed by atoms with Gasteiger partial charge in [0, 0.05) is 22.2 Å². The smallest absolute Gasteiger partial charge is 0.162 e. The van der Waals surface area contributed by atoms with Crippen molar-refractivity contribution in [1.29, 1.82) is 0 Å². The number of para-hydroxylation sites is 2. The quantitative estimate of drug-likeness (QED) is 0.449. The van der Waals surface area contributed by atoms with E-state index in [0.717, 1.165) is 50.3 Å². The molecule has 0 radical (unpaired) electrons. The summed E-state index contributed by atoms with van der Waals surface area (Å²) in [5.74, 6) is 1.60. The van der Waals surface area contributed by atoms with Gasteiger partial charge in [-0.15, -0.1) is 0 Å². The molecule has 3 heterocycles. The Morgan fingerprint density at radius 1 is 0.893 bits per heavy atom. The fraction of sp³-hybridized carbons (Fsp3) is 0.0870. The van der Waals surface area contributed by atoms with Crippen molar-refractivity contribution in [3.05, 3.63) is 78.6 Å². The number of nitrogens with zero attached hydrogens (tertiary/aromatic N) is 1. The largest absolute Gasteiger partial charge is 0.485 e. The lowest BCUT2D eigenvalue weighted by Crippen LogP contribution is -2.21. The van der Waals surface area contributed by atoms with Crippen molar-refractivity contribution in [1.82, 2.24) is 15.0 Å². The summed E-state index contributed by atoms with van der Waals surface area (Å²) in [4.78, 5) is 11.0. The number of fused-ring (bicyclic) bond motifs is 3. The van der Waals surface area contributed by atoms with Crippen LogP contribution in [0.5, 0.6) is 11.5 Å². The predicted octanol–water partition coefficient (Wildman–Crippen LogP) is 5.22. The molecule has 3 aromatic carbocycles. The van der Waals surface area contributed by atoms with Gasteiger partial charge in [-0.25, -0.2) is 4.98 Å². The molecule has 0 aliphatic carbocycles. The molecule has 5 heteroatoms. The van der Waals surface area contributed by atoms with Crippen LogP contribution in [0.4, 0.5) is 0 Å². The molecule has 6 rings (SSSR count). The van der Waals surface area contributed by atoms with E-state index in [-0.39, 0.29) is 6.10 Å². The van der Waals surface area contributed by atoms with E-state index < -0.39 is 0 Å². The Hall–Kier alpha value is -3.73. The Labute approximate surface area is 160 Å². The Balaban J connectivity index is 1.36. The molecule has 136 valence electrons. The highest BCUT2D eigenvalue weighted by atomic mass is 16.6. The molecule has 0 spiro atoms. The molecule has 0 saturated heterocycles. The number of hydrogen-bond donors (Lipinski definition) is 2. The van der Waals surface area contributed by atoms with Gasteiger partial charge in [-0.05, 0) is 48.0 Å². The summed E-state index contributed by atoms with van der Waals surface area (Å²) in [7, 11) is 0. The minimum Gasteiger partial charge on any atom is -0.485 e. The molecule has 1 unspecified atom stereocenters. The highest BCUT2D eigenvalue weighted by molar-refractivity contribution is 5.88. The van der Waals surface area contributed by atoms with Gasteiger partial charge in [0.15, 0.2) is 17.6 Å². The number of rotatable bonds is 2. The zero-order valence-electron chi connectivity index (χ0n) is 15.0. The average molecular weight is 367 g/mol. The van der Waals surface area contributed by atoms with Crippen molar-refractivity contribution in [3.8, 4) is 22.8 Å². The van der Waals surface area contributed by atoms with Gasteiger partial charge >= 0.3 is 0 Å². The SMILES string of the molecule is c1ccc2c(c1)OCC(c1ccc3[nH]c(-c4ccc5nc[nH]c5c4)cc3c1)O2. The number of benzene rings is 3. The van der Waals surface area contributed by atoms with E-state index in [2.05, 4.69) is 51.4 Å². The van der Waals surface area contributed by atoms with E-state index in [1.54, 1.807) is 6.33 Å². The average Bonchev–Trinajstić information content (AvgIpc) is 3.39. The summed E-state index contributed by atoms with van der Waals surface area (Å²) in [6, 6.07) is 22.6. The molecular formula is C23H17N3O2. The Kier molecular flexibility index (Phi) is 3.23. The minimum absolute atomic E-state index is 0.112. The molecule has 1 aliphatic heterocycles. The van der Waals surface area contributed by atoms with Crippen molar-refractivity contribution >= 4 is 21.9 Å². The van der Waals surface area contributed by atoms with Crippen LogP contribution in [-0.2, 0) is 0 Å². The van der Waals surface area contributed by atoms with Crippen molar-refractivity contribution in [2.45, 2.75) is 6.10 Å². The summed E-state index contributed by atoms with van der Waals surface area (Å²) in [5.41, 5.74) is 6.41. The van der Waals surface area contributed by atoms with Gasteiger partial charge < -0.3 is 19.4 Å². The number of imidazole rings is 1. The zero-order chi connectivity index (χ0) is 18.5. The molecule has 0 bridgehead atoms. The fourth-order valence-electron chi connectivity index (χ4n) is 3.79. The van der Waals surface area contributed by atoms with Gasteiger partial charge in [-0.3, -0.25) is 0 Å². The first kappa shape index (κ1) is 15.3. The maximum atomic E-state index is 6.15. The van der Waals surface area contributed by atoms with Gasteiger partial charge in [0.25, 0.3) is 0 Å². The van der Waals surface area contributed by atoms with Crippen LogP contribution in [0.2, 0.25) is 0 Å². The first-order chi connectivity index (χ1) is 13.8. The molecule has 5 aromatic rings. The number of aromatic amines is 2. The standard InChI is InChI=1S/C23H17N3O2/c1-2-4-22-21(3-1)27-12-23(28-22)15-6-7-17-16(9-15)11-19(26-17)14-5-8-18-20(10-14)25-13-24-18/h1-11,13,23,26H,12H2,(H,24,25). The topological polar surface area (TPSA) is 62.9 Å². The summed E-state index contributed by atoms with van der Waals surface area (Å²) in [6.07, 6.45) is 1.61. The molecule has 0 fully saturated rings. The number of H-pyrrole nitrogens is 2. The molecule has 1 atom stereocenters. The van der Waals surface area contributed by atoms with Crippen LogP contribution in [0.15, 0.2) is 73.1 Å². The van der Waals surface area contributed by atoms with Crippen LogP contribution in [0.1, 0.15) is 11.7 Å². The third kappa shape index (κ3) is 2.44. The molecule has 0 saturated carbocycles. The van der Waals surface area contributed by atoms with Crippen LogP contribution >= 0.6 is 0 Å². The molecule has 2 N–H and O–H groups in total. The van der Waals surface area contributed by atoms with Crippen LogP contribution < -0.4 is 9.47 Å². The highest BCUT2D eigenvalue weighted by Gasteiger charge is 2.22. The van der Waals surface area contributed by atoms with E-state index in [1.807, 2.05) is 30.3 Å². The highest BCUT2D eigenvalue weighted by Crippen LogP contribution is 2.37. The number of aromatic nitrogens is 3. The molecule has 1 aliphatic rings. The number of ether oxygens (including phenoxy) is 2. The van der Waals surface area contributed by atoms with E-state index >= 15 is 0 Å². The van der Waals surface area contributed by atoms with Crippen molar-refractivity contribution in [2.24, 2.45) is 0 Å². The lowest BCUT2D eigenvalue weighted by Gasteiger charge is -2.26. The normalized spacial score (nSPS) is 15.9. The lowest BCUT2D eigenvalue weighted by molar-refractivity contribution is 0.0914. The van der Waals surface area contributed by atoms with Gasteiger partial charge in [0.2, 0.25) is 0 Å². The predicted molar refractivity (Wildman–Crippen MR) is 109 cm³/mol. The van der Waals surface area contributed by atoms with Gasteiger partial charge in [-0.1, -0.05) is 24.3 Å². The summed E-state index contributed by atoms with van der Waals surface area (Å²) in [6.45, 7) is 0.510. The van der Waals surface area contributed by atoms with Gasteiger partial charge in [-0.2, -0.15) is 0 Å². The van der Waals surface area contributed by atoms with E-state index in [9.17, 15) is 0 Å². The molecular weight excluding hydrogens is 350 g/mol. The van der Waals surface area contributed by atoms with Gasteiger partial charge in [0.1, 0.15) is 6.61 Å². The number of hydrogen-bond acceptors (Lipinski definition) is 3. The second kappa shape index (κ2) is 5.89. The minimum atomic E-state index is -0.112. The first-order valence-electron chi connectivity index (χ1n) is 9.28. The number of nitrogens with one attached hydrogen (secondary N) is 2. The molecule has 2 aromatic heterocycles. The van der Waals surface area contributed by atoms with Crippen molar-refractivity contribution in [3.63, 3.8) is 0 Å². The second-order valence-corrected chi connectivity index (χ2v) is 7.03. The molecule has 28 heavy (non-hydrogen) atoms. The van der Waals surface area contributed by atoms with Crippen LogP contribution in [0.25, 0.3) is 33.2 Å². The van der Waals surface area contributed by atoms with Crippen molar-refractivity contribution in [2.75, 3.05) is 6.61 Å².